The lowest BCUT2D eigenvalue weighted by atomic mass is 9.89. The van der Waals surface area contributed by atoms with E-state index in [1.807, 2.05) is 6.08 Å². The molecule has 0 bridgehead atoms. The van der Waals surface area contributed by atoms with Gasteiger partial charge < -0.3 is 0 Å². The molecule has 1 aromatic heterocycles. The highest BCUT2D eigenvalue weighted by Crippen LogP contribution is 2.34. The van der Waals surface area contributed by atoms with Gasteiger partial charge >= 0.3 is 0 Å². The number of rotatable bonds is 9. The summed E-state index contributed by atoms with van der Waals surface area (Å²) in [7, 11) is 0. The Hall–Kier alpha value is -2.37. The van der Waals surface area contributed by atoms with E-state index in [1.165, 1.54) is 12.1 Å². The first kappa shape index (κ1) is 18.4. The number of nitrogens with one attached hydrogen (secondary N) is 1. The fourth-order valence-corrected chi connectivity index (χ4v) is 3.64. The van der Waals surface area contributed by atoms with Crippen LogP contribution in [0, 0.1) is 17.7 Å². The highest BCUT2D eigenvalue weighted by atomic mass is 19.1. The number of aromatic amines is 1. The smallest absolute Gasteiger partial charge is 0.174 e. The third-order valence-electron chi connectivity index (χ3n) is 5.12. The van der Waals surface area contributed by atoms with Crippen molar-refractivity contribution in [3.05, 3.63) is 47.5 Å². The molecule has 1 aliphatic carbocycles. The number of Topliss-reactive ketones (excluding diaryl/α,β-unsaturated/α-hetero) is 1. The molecule has 2 aromatic rings. The zero-order chi connectivity index (χ0) is 18.2. The van der Waals surface area contributed by atoms with Crippen LogP contribution in [0.2, 0.25) is 0 Å². The van der Waals surface area contributed by atoms with Crippen LogP contribution in [0.5, 0.6) is 0 Å². The van der Waals surface area contributed by atoms with Gasteiger partial charge in [-0.25, -0.2) is 4.39 Å². The van der Waals surface area contributed by atoms with Crippen LogP contribution in [0.1, 0.15) is 56.3 Å². The highest BCUT2D eigenvalue weighted by Gasteiger charge is 2.32. The van der Waals surface area contributed by atoms with E-state index in [-0.39, 0.29) is 11.7 Å². The molecule has 0 spiro atoms. The third kappa shape index (κ3) is 5.31. The SMILES string of the molecule is O=C1CC[C@H](/C=C/c2ccc(F)cc2)[C@H]1CCCCCCc1nn[nH]n1. The van der Waals surface area contributed by atoms with Crippen molar-refractivity contribution in [3.63, 3.8) is 0 Å². The summed E-state index contributed by atoms with van der Waals surface area (Å²) in [6.45, 7) is 0. The van der Waals surface area contributed by atoms with Gasteiger partial charge in [0.15, 0.2) is 5.82 Å². The second-order valence-corrected chi connectivity index (χ2v) is 6.97. The molecule has 5 nitrogen and oxygen atoms in total. The third-order valence-corrected chi connectivity index (χ3v) is 5.12. The lowest BCUT2D eigenvalue weighted by Crippen LogP contribution is -2.13. The molecule has 1 heterocycles. The van der Waals surface area contributed by atoms with Crippen LogP contribution >= 0.6 is 0 Å². The van der Waals surface area contributed by atoms with Gasteiger partial charge in [-0.05, 0) is 42.9 Å². The first-order valence-corrected chi connectivity index (χ1v) is 9.41. The van der Waals surface area contributed by atoms with Crippen molar-refractivity contribution in [2.45, 2.75) is 51.4 Å². The Morgan fingerprint density at radius 1 is 1.15 bits per heavy atom. The minimum Gasteiger partial charge on any atom is -0.299 e. The number of ketones is 1. The van der Waals surface area contributed by atoms with Gasteiger partial charge in [0.1, 0.15) is 11.6 Å². The van der Waals surface area contributed by atoms with E-state index < -0.39 is 0 Å². The minimum atomic E-state index is -0.226. The number of halogens is 1. The summed E-state index contributed by atoms with van der Waals surface area (Å²) in [5.74, 6) is 1.39. The van der Waals surface area contributed by atoms with Crippen molar-refractivity contribution in [2.24, 2.45) is 11.8 Å². The number of carbonyl (C=O) groups is 1. The molecular weight excluding hydrogens is 331 g/mol. The Labute approximate surface area is 153 Å². The van der Waals surface area contributed by atoms with Crippen molar-refractivity contribution in [3.8, 4) is 0 Å². The second kappa shape index (κ2) is 9.36. The van der Waals surface area contributed by atoms with Crippen LogP contribution in [-0.4, -0.2) is 26.4 Å². The number of aromatic nitrogens is 4. The maximum atomic E-state index is 13.0. The normalized spacial score (nSPS) is 20.3. The molecule has 1 N–H and O–H groups in total. The largest absolute Gasteiger partial charge is 0.299 e. The molecule has 0 saturated heterocycles. The molecule has 1 aromatic carbocycles. The molecule has 0 amide bonds. The molecule has 26 heavy (non-hydrogen) atoms. The zero-order valence-electron chi connectivity index (χ0n) is 14.9. The van der Waals surface area contributed by atoms with Crippen LogP contribution in [0.4, 0.5) is 4.39 Å². The van der Waals surface area contributed by atoms with E-state index in [0.29, 0.717) is 18.1 Å². The molecule has 1 saturated carbocycles. The summed E-state index contributed by atoms with van der Waals surface area (Å²) in [4.78, 5) is 12.2. The van der Waals surface area contributed by atoms with Crippen LogP contribution in [0.25, 0.3) is 6.08 Å². The Morgan fingerprint density at radius 2 is 1.96 bits per heavy atom. The fraction of sp³-hybridized carbons (Fsp3) is 0.500. The van der Waals surface area contributed by atoms with Crippen LogP contribution in [0.3, 0.4) is 0 Å². The van der Waals surface area contributed by atoms with Gasteiger partial charge in [-0.2, -0.15) is 5.21 Å². The Balaban J connectivity index is 1.40. The molecule has 6 heteroatoms. The summed E-state index contributed by atoms with van der Waals surface area (Å²) in [5, 5.41) is 13.9. The van der Waals surface area contributed by atoms with E-state index in [9.17, 15) is 9.18 Å². The number of nitrogens with zero attached hydrogens (tertiary/aromatic N) is 3. The van der Waals surface area contributed by atoms with E-state index in [1.54, 1.807) is 12.1 Å². The maximum absolute atomic E-state index is 13.0. The molecular formula is C20H25FN4O. The number of allylic oxidation sites excluding steroid dienone is 1. The highest BCUT2D eigenvalue weighted by molar-refractivity contribution is 5.83. The number of H-pyrrole nitrogens is 1. The number of benzene rings is 1. The fourth-order valence-electron chi connectivity index (χ4n) is 3.64. The maximum Gasteiger partial charge on any atom is 0.174 e. The van der Waals surface area contributed by atoms with Crippen molar-refractivity contribution in [1.29, 1.82) is 0 Å². The summed E-state index contributed by atoms with van der Waals surface area (Å²) < 4.78 is 13.0. The molecule has 138 valence electrons. The van der Waals surface area contributed by atoms with Crippen molar-refractivity contribution >= 4 is 11.9 Å². The molecule has 3 rings (SSSR count). The summed E-state index contributed by atoms with van der Waals surface area (Å²) in [6.07, 6.45) is 11.9. The van der Waals surface area contributed by atoms with Crippen molar-refractivity contribution in [1.82, 2.24) is 20.6 Å². The van der Waals surface area contributed by atoms with E-state index in [4.69, 9.17) is 0 Å². The Kier molecular flexibility index (Phi) is 6.63. The van der Waals surface area contributed by atoms with Crippen LogP contribution in [0.15, 0.2) is 30.3 Å². The average Bonchev–Trinajstić information content (AvgIpc) is 3.28. The minimum absolute atomic E-state index is 0.143. The van der Waals surface area contributed by atoms with Gasteiger partial charge in [-0.3, -0.25) is 4.79 Å². The Bertz CT molecular complexity index is 712. The number of hydrogen-bond donors (Lipinski definition) is 1. The van der Waals surface area contributed by atoms with Gasteiger partial charge in [0.05, 0.1) is 0 Å². The van der Waals surface area contributed by atoms with Crippen LogP contribution in [-0.2, 0) is 11.2 Å². The number of carbonyl (C=O) groups excluding carboxylic acids is 1. The molecule has 0 unspecified atom stereocenters. The van der Waals surface area contributed by atoms with Crippen molar-refractivity contribution < 1.29 is 9.18 Å². The van der Waals surface area contributed by atoms with Gasteiger partial charge in [0.2, 0.25) is 0 Å². The van der Waals surface area contributed by atoms with E-state index in [0.717, 1.165) is 56.3 Å². The van der Waals surface area contributed by atoms with Gasteiger partial charge in [0.25, 0.3) is 0 Å². The van der Waals surface area contributed by atoms with Gasteiger partial charge in [-0.1, -0.05) is 48.8 Å². The number of unbranched alkanes of at least 4 members (excludes halogenated alkanes) is 3. The van der Waals surface area contributed by atoms with Gasteiger partial charge in [0, 0.05) is 18.8 Å². The predicted molar refractivity (Wildman–Crippen MR) is 97.6 cm³/mol. The number of aryl methyl sites for hydroxylation is 1. The van der Waals surface area contributed by atoms with Crippen molar-refractivity contribution in [2.75, 3.05) is 0 Å². The average molecular weight is 356 g/mol. The quantitative estimate of drug-likeness (QED) is 0.686. The molecule has 2 atom stereocenters. The predicted octanol–water partition coefficient (Wildman–Crippen LogP) is 4.14. The standard InChI is InChI=1S/C20H25FN4O/c21-17-12-8-15(9-13-17)7-10-16-11-14-19(26)18(16)5-3-1-2-4-6-20-22-24-25-23-20/h7-10,12-13,16,18H,1-6,11,14H2,(H,22,23,24,25)/b10-7+/t16-,18+/m0/s1. The lowest BCUT2D eigenvalue weighted by molar-refractivity contribution is -0.121. The number of tetrazole rings is 1. The molecule has 0 aliphatic heterocycles. The second-order valence-electron chi connectivity index (χ2n) is 6.97. The zero-order valence-corrected chi connectivity index (χ0v) is 14.9. The Morgan fingerprint density at radius 3 is 2.73 bits per heavy atom. The lowest BCUT2D eigenvalue weighted by Gasteiger charge is -2.14. The van der Waals surface area contributed by atoms with E-state index >= 15 is 0 Å². The summed E-state index contributed by atoms with van der Waals surface area (Å²) in [6, 6.07) is 6.46. The summed E-state index contributed by atoms with van der Waals surface area (Å²) >= 11 is 0. The monoisotopic (exact) mass is 356 g/mol. The molecule has 1 aliphatic rings. The van der Waals surface area contributed by atoms with E-state index in [2.05, 4.69) is 26.7 Å². The first-order valence-electron chi connectivity index (χ1n) is 9.41. The molecule has 1 fully saturated rings. The first-order chi connectivity index (χ1) is 12.7. The number of hydrogen-bond acceptors (Lipinski definition) is 4. The van der Waals surface area contributed by atoms with Crippen LogP contribution < -0.4 is 0 Å². The van der Waals surface area contributed by atoms with Gasteiger partial charge in [-0.15, -0.1) is 10.2 Å². The summed E-state index contributed by atoms with van der Waals surface area (Å²) in [5.41, 5.74) is 0.978. The molecule has 0 radical (unpaired) electrons. The topological polar surface area (TPSA) is 71.5 Å².